The summed E-state index contributed by atoms with van der Waals surface area (Å²) in [6.07, 6.45) is 5.36. The van der Waals surface area contributed by atoms with Gasteiger partial charge in [0, 0.05) is 12.0 Å². The minimum Gasteiger partial charge on any atom is -0.390 e. The van der Waals surface area contributed by atoms with E-state index in [0.717, 1.165) is 25.2 Å². The predicted molar refractivity (Wildman–Crippen MR) is 73.8 cm³/mol. The Balaban J connectivity index is 2.77. The van der Waals surface area contributed by atoms with Crippen LogP contribution in [0.3, 0.4) is 0 Å². The van der Waals surface area contributed by atoms with Gasteiger partial charge in [-0.1, -0.05) is 27.7 Å². The van der Waals surface area contributed by atoms with Crippen molar-refractivity contribution >= 4 is 0 Å². The second-order valence-electron chi connectivity index (χ2n) is 7.25. The molecule has 1 unspecified atom stereocenters. The maximum Gasteiger partial charge on any atom is 0.0685 e. The highest BCUT2D eigenvalue weighted by Gasteiger charge is 2.47. The second kappa shape index (κ2) is 4.89. The standard InChI is InChI=1S/C15H31NO/c1-6-14(5,17)15(11-16)9-7-12(8-10-15)13(2,3)4/h12,17H,6-11,16H2,1-5H3. The Morgan fingerprint density at radius 1 is 1.18 bits per heavy atom. The molecule has 17 heavy (non-hydrogen) atoms. The van der Waals surface area contributed by atoms with Gasteiger partial charge in [-0.15, -0.1) is 0 Å². The molecule has 0 aromatic rings. The summed E-state index contributed by atoms with van der Waals surface area (Å²) >= 11 is 0. The van der Waals surface area contributed by atoms with Gasteiger partial charge < -0.3 is 10.8 Å². The topological polar surface area (TPSA) is 46.2 Å². The van der Waals surface area contributed by atoms with Gasteiger partial charge in [0.05, 0.1) is 5.60 Å². The van der Waals surface area contributed by atoms with E-state index in [9.17, 15) is 5.11 Å². The average molecular weight is 241 g/mol. The molecule has 1 atom stereocenters. The van der Waals surface area contributed by atoms with Crippen molar-refractivity contribution in [3.8, 4) is 0 Å². The van der Waals surface area contributed by atoms with Crippen molar-refractivity contribution in [3.63, 3.8) is 0 Å². The SMILES string of the molecule is CCC(C)(O)C1(CN)CCC(C(C)(C)C)CC1. The highest BCUT2D eigenvalue weighted by Crippen LogP contribution is 2.50. The first-order chi connectivity index (χ1) is 7.68. The van der Waals surface area contributed by atoms with Gasteiger partial charge in [0.25, 0.3) is 0 Å². The fraction of sp³-hybridized carbons (Fsp3) is 1.00. The van der Waals surface area contributed by atoms with Gasteiger partial charge in [0.1, 0.15) is 0 Å². The maximum absolute atomic E-state index is 10.6. The van der Waals surface area contributed by atoms with Crippen LogP contribution in [0.15, 0.2) is 0 Å². The highest BCUT2D eigenvalue weighted by molar-refractivity contribution is 5.00. The molecule has 1 saturated carbocycles. The van der Waals surface area contributed by atoms with E-state index < -0.39 is 5.60 Å². The summed E-state index contributed by atoms with van der Waals surface area (Å²) in [5.74, 6) is 0.773. The zero-order valence-electron chi connectivity index (χ0n) is 12.3. The molecule has 0 radical (unpaired) electrons. The number of nitrogens with two attached hydrogens (primary N) is 1. The lowest BCUT2D eigenvalue weighted by Crippen LogP contribution is -2.52. The van der Waals surface area contributed by atoms with E-state index in [1.54, 1.807) is 0 Å². The van der Waals surface area contributed by atoms with E-state index >= 15 is 0 Å². The molecule has 2 heteroatoms. The molecule has 1 aliphatic carbocycles. The molecule has 0 saturated heterocycles. The second-order valence-corrected chi connectivity index (χ2v) is 7.25. The molecule has 0 aromatic heterocycles. The van der Waals surface area contributed by atoms with Crippen LogP contribution in [0.1, 0.15) is 66.7 Å². The summed E-state index contributed by atoms with van der Waals surface area (Å²) in [5.41, 5.74) is 5.72. The third-order valence-electron chi connectivity index (χ3n) is 5.39. The van der Waals surface area contributed by atoms with Gasteiger partial charge in [-0.3, -0.25) is 0 Å². The fourth-order valence-electron chi connectivity index (χ4n) is 3.37. The van der Waals surface area contributed by atoms with Gasteiger partial charge in [-0.2, -0.15) is 0 Å². The zero-order valence-corrected chi connectivity index (χ0v) is 12.3. The van der Waals surface area contributed by atoms with Gasteiger partial charge in [0.2, 0.25) is 0 Å². The van der Waals surface area contributed by atoms with Crippen molar-refractivity contribution in [2.75, 3.05) is 6.54 Å². The Kier molecular flexibility index (Phi) is 4.31. The third kappa shape index (κ3) is 2.85. The molecule has 1 aliphatic rings. The summed E-state index contributed by atoms with van der Waals surface area (Å²) in [7, 11) is 0. The van der Waals surface area contributed by atoms with Crippen LogP contribution in [-0.2, 0) is 0 Å². The van der Waals surface area contributed by atoms with E-state index in [1.165, 1.54) is 12.8 Å². The Morgan fingerprint density at radius 2 is 1.65 bits per heavy atom. The molecule has 3 N–H and O–H groups in total. The Morgan fingerprint density at radius 3 is 1.94 bits per heavy atom. The summed E-state index contributed by atoms with van der Waals surface area (Å²) in [5, 5.41) is 10.6. The largest absolute Gasteiger partial charge is 0.390 e. The van der Waals surface area contributed by atoms with E-state index in [1.807, 2.05) is 6.92 Å². The molecular weight excluding hydrogens is 210 g/mol. The highest BCUT2D eigenvalue weighted by atomic mass is 16.3. The first-order valence-corrected chi connectivity index (χ1v) is 7.11. The van der Waals surface area contributed by atoms with Crippen molar-refractivity contribution in [2.45, 2.75) is 72.3 Å². The lowest BCUT2D eigenvalue weighted by atomic mass is 9.58. The van der Waals surface area contributed by atoms with Crippen LogP contribution in [0.2, 0.25) is 0 Å². The Hall–Kier alpha value is -0.0800. The Labute approximate surface area is 107 Å². The van der Waals surface area contributed by atoms with Crippen LogP contribution in [0.25, 0.3) is 0 Å². The van der Waals surface area contributed by atoms with Crippen molar-refractivity contribution < 1.29 is 5.11 Å². The lowest BCUT2D eigenvalue weighted by Gasteiger charge is -2.50. The molecule has 102 valence electrons. The van der Waals surface area contributed by atoms with E-state index in [4.69, 9.17) is 5.73 Å². The predicted octanol–water partition coefficient (Wildman–Crippen LogP) is 3.33. The van der Waals surface area contributed by atoms with E-state index in [-0.39, 0.29) is 5.41 Å². The molecule has 2 nitrogen and oxygen atoms in total. The number of hydrogen-bond acceptors (Lipinski definition) is 2. The van der Waals surface area contributed by atoms with Crippen molar-refractivity contribution in [1.82, 2.24) is 0 Å². The monoisotopic (exact) mass is 241 g/mol. The zero-order chi connectivity index (χ0) is 13.3. The van der Waals surface area contributed by atoms with Crippen LogP contribution in [-0.4, -0.2) is 17.3 Å². The molecule has 0 bridgehead atoms. The minimum atomic E-state index is -0.607. The van der Waals surface area contributed by atoms with Gasteiger partial charge >= 0.3 is 0 Å². The molecule has 0 amide bonds. The summed E-state index contributed by atoms with van der Waals surface area (Å²) in [6, 6.07) is 0. The molecule has 1 fully saturated rings. The average Bonchev–Trinajstić information content (AvgIpc) is 2.27. The smallest absolute Gasteiger partial charge is 0.0685 e. The molecule has 0 heterocycles. The van der Waals surface area contributed by atoms with Gasteiger partial charge in [0.15, 0.2) is 0 Å². The van der Waals surface area contributed by atoms with Gasteiger partial charge in [-0.05, 0) is 50.4 Å². The number of aliphatic hydroxyl groups is 1. The number of rotatable bonds is 3. The minimum absolute atomic E-state index is 0.0521. The summed E-state index contributed by atoms with van der Waals surface area (Å²) in [6.45, 7) is 11.6. The first kappa shape index (κ1) is 15.0. The van der Waals surface area contributed by atoms with Gasteiger partial charge in [-0.25, -0.2) is 0 Å². The summed E-state index contributed by atoms with van der Waals surface area (Å²) in [4.78, 5) is 0. The fourth-order valence-corrected chi connectivity index (χ4v) is 3.37. The molecular formula is C15H31NO. The van der Waals surface area contributed by atoms with E-state index in [0.29, 0.717) is 12.0 Å². The molecule has 0 aliphatic heterocycles. The quantitative estimate of drug-likeness (QED) is 0.796. The first-order valence-electron chi connectivity index (χ1n) is 7.11. The van der Waals surface area contributed by atoms with Crippen LogP contribution < -0.4 is 5.73 Å². The normalized spacial score (nSPS) is 34.4. The third-order valence-corrected chi connectivity index (χ3v) is 5.39. The lowest BCUT2D eigenvalue weighted by molar-refractivity contribution is -0.0999. The molecule has 1 rings (SSSR count). The van der Waals surface area contributed by atoms with Crippen LogP contribution in [0, 0.1) is 16.7 Å². The van der Waals surface area contributed by atoms with Crippen LogP contribution in [0.4, 0.5) is 0 Å². The Bertz CT molecular complexity index is 244. The van der Waals surface area contributed by atoms with Crippen molar-refractivity contribution in [2.24, 2.45) is 22.5 Å². The van der Waals surface area contributed by atoms with Crippen molar-refractivity contribution in [1.29, 1.82) is 0 Å². The van der Waals surface area contributed by atoms with Crippen LogP contribution in [0.5, 0.6) is 0 Å². The number of hydrogen-bond donors (Lipinski definition) is 2. The van der Waals surface area contributed by atoms with Crippen LogP contribution >= 0.6 is 0 Å². The molecule has 0 aromatic carbocycles. The summed E-state index contributed by atoms with van der Waals surface area (Å²) < 4.78 is 0. The maximum atomic E-state index is 10.6. The molecule has 0 spiro atoms. The van der Waals surface area contributed by atoms with E-state index in [2.05, 4.69) is 27.7 Å². The van der Waals surface area contributed by atoms with Crippen molar-refractivity contribution in [3.05, 3.63) is 0 Å².